The number of hydrogen-bond donors (Lipinski definition) is 2. The second-order valence-electron chi connectivity index (χ2n) is 11.4. The van der Waals surface area contributed by atoms with E-state index in [0.29, 0.717) is 93.2 Å². The van der Waals surface area contributed by atoms with Gasteiger partial charge in [0.05, 0.1) is 25.2 Å². The Balaban J connectivity index is 0.946. The van der Waals surface area contributed by atoms with Crippen LogP contribution in [0.25, 0.3) is 27.6 Å². The van der Waals surface area contributed by atoms with Gasteiger partial charge in [-0.15, -0.1) is 5.10 Å². The molecule has 48 heavy (non-hydrogen) atoms. The first-order chi connectivity index (χ1) is 23.3. The zero-order valence-electron chi connectivity index (χ0n) is 25.9. The number of aromatic nitrogens is 5. The second-order valence-corrected chi connectivity index (χ2v) is 12.4. The number of amides is 1. The van der Waals surface area contributed by atoms with Gasteiger partial charge in [-0.1, -0.05) is 11.3 Å². The Bertz CT molecular complexity index is 1970. The molecule has 2 aliphatic rings. The molecule has 3 N–H and O–H groups in total. The summed E-state index contributed by atoms with van der Waals surface area (Å²) in [5.74, 6) is -1.26. The molecule has 4 aromatic heterocycles. The topological polar surface area (TPSA) is 162 Å². The molecule has 6 heterocycles. The second kappa shape index (κ2) is 13.8. The van der Waals surface area contributed by atoms with Crippen molar-refractivity contribution in [3.05, 3.63) is 51.8 Å². The minimum absolute atomic E-state index is 0.0945. The number of nitrogen functional groups attached to an aromatic ring is 1. The third-order valence-corrected chi connectivity index (χ3v) is 9.39. The van der Waals surface area contributed by atoms with Gasteiger partial charge < -0.3 is 29.8 Å². The molecule has 1 aromatic carbocycles. The Labute approximate surface area is 276 Å². The van der Waals surface area contributed by atoms with Crippen LogP contribution in [0.4, 0.5) is 20.4 Å². The van der Waals surface area contributed by atoms with Crippen LogP contribution in [0, 0.1) is 11.6 Å². The number of anilines is 2. The maximum Gasteiger partial charge on any atom is 0.309 e. The maximum absolute atomic E-state index is 14.9. The highest BCUT2D eigenvalue weighted by Crippen LogP contribution is 2.29. The molecule has 0 saturated carbocycles. The fraction of sp³-hybridized carbons (Fsp3) is 0.433. The van der Waals surface area contributed by atoms with E-state index in [4.69, 9.17) is 19.6 Å². The van der Waals surface area contributed by atoms with Crippen molar-refractivity contribution in [1.82, 2.24) is 39.3 Å². The summed E-state index contributed by atoms with van der Waals surface area (Å²) in [6.07, 6.45) is 1.52. The molecule has 2 fully saturated rings. The van der Waals surface area contributed by atoms with E-state index in [9.17, 15) is 18.4 Å². The summed E-state index contributed by atoms with van der Waals surface area (Å²) < 4.78 is 49.2. The van der Waals surface area contributed by atoms with E-state index in [2.05, 4.69) is 30.2 Å². The first-order valence-electron chi connectivity index (χ1n) is 15.6. The summed E-state index contributed by atoms with van der Waals surface area (Å²) in [6, 6.07) is 5.55. The molecule has 0 unspecified atom stereocenters. The van der Waals surface area contributed by atoms with Crippen LogP contribution in [-0.2, 0) is 16.1 Å². The van der Waals surface area contributed by atoms with E-state index in [1.807, 2.05) is 4.90 Å². The number of hydrogen-bond acceptors (Lipinski definition) is 13. The molecule has 7 rings (SSSR count). The van der Waals surface area contributed by atoms with Crippen molar-refractivity contribution in [2.45, 2.75) is 6.54 Å². The molecule has 2 aliphatic heterocycles. The van der Waals surface area contributed by atoms with Gasteiger partial charge in [0.15, 0.2) is 35.2 Å². The number of benzene rings is 1. The Morgan fingerprint density at radius 3 is 2.56 bits per heavy atom. The van der Waals surface area contributed by atoms with Gasteiger partial charge in [0, 0.05) is 77.6 Å². The smallest absolute Gasteiger partial charge is 0.309 e. The van der Waals surface area contributed by atoms with E-state index in [1.54, 1.807) is 16.7 Å². The largest absolute Gasteiger partial charge is 0.481 e. The van der Waals surface area contributed by atoms with Crippen LogP contribution in [0.1, 0.15) is 0 Å². The van der Waals surface area contributed by atoms with Gasteiger partial charge in [-0.25, -0.2) is 13.8 Å². The van der Waals surface area contributed by atoms with Crippen molar-refractivity contribution in [1.29, 1.82) is 0 Å². The van der Waals surface area contributed by atoms with E-state index in [1.165, 1.54) is 16.8 Å². The van der Waals surface area contributed by atoms with Crippen molar-refractivity contribution in [3.63, 3.8) is 0 Å². The number of nitrogens with zero attached hydrogens (tertiary/aromatic N) is 8. The monoisotopic (exact) mass is 684 g/mol. The van der Waals surface area contributed by atoms with Gasteiger partial charge in [0.25, 0.3) is 5.91 Å². The van der Waals surface area contributed by atoms with Gasteiger partial charge in [0.2, 0.25) is 11.8 Å². The molecule has 15 nitrogen and oxygen atoms in total. The summed E-state index contributed by atoms with van der Waals surface area (Å²) in [7, 11) is 0. The van der Waals surface area contributed by atoms with Gasteiger partial charge in [-0.2, -0.15) is 9.50 Å². The van der Waals surface area contributed by atoms with Gasteiger partial charge in [-0.05, 0) is 12.1 Å². The lowest BCUT2D eigenvalue weighted by atomic mass is 10.2. The number of morpholine rings is 1. The van der Waals surface area contributed by atoms with Crippen molar-refractivity contribution in [3.8, 4) is 17.3 Å². The standard InChI is InChI=1S/C30H34F2N10O5S/c31-19-16-20(32)23(47-18-24(43)34-3-4-38-11-14-45-15-12-38)17-21(19)40-8-5-39(6-9-40)7-10-41-27-25(48-30(41)44)28-35-26(22-2-1-13-46-22)37-42(28)29(33)36-27/h1-2,13,16-17H,3-12,14-15,18H2,(H2,33,36)(H,34,43). The van der Waals surface area contributed by atoms with Crippen LogP contribution < -0.4 is 25.6 Å². The average molecular weight is 685 g/mol. The lowest BCUT2D eigenvalue weighted by Crippen LogP contribution is -2.47. The quantitative estimate of drug-likeness (QED) is 0.205. The van der Waals surface area contributed by atoms with Crippen molar-refractivity contribution >= 4 is 44.9 Å². The van der Waals surface area contributed by atoms with Crippen molar-refractivity contribution in [2.75, 3.05) is 89.4 Å². The first kappa shape index (κ1) is 31.9. The molecule has 254 valence electrons. The van der Waals surface area contributed by atoms with Crippen LogP contribution in [0.2, 0.25) is 0 Å². The van der Waals surface area contributed by atoms with E-state index in [-0.39, 0.29) is 34.8 Å². The van der Waals surface area contributed by atoms with Gasteiger partial charge in [0.1, 0.15) is 10.5 Å². The van der Waals surface area contributed by atoms with E-state index in [0.717, 1.165) is 30.5 Å². The molecule has 0 radical (unpaired) electrons. The van der Waals surface area contributed by atoms with E-state index >= 15 is 0 Å². The normalized spacial score (nSPS) is 16.2. The fourth-order valence-corrected chi connectivity index (χ4v) is 6.77. The number of nitrogens with two attached hydrogens (primary N) is 1. The Kier molecular flexibility index (Phi) is 9.20. The number of carbonyl (C=O) groups excluding carboxylic acids is 1. The van der Waals surface area contributed by atoms with Crippen LogP contribution in [-0.4, -0.2) is 119 Å². The molecule has 1 amide bonds. The number of halogens is 2. The molecule has 0 atom stereocenters. The average Bonchev–Trinajstić information content (AvgIpc) is 3.84. The molecule has 0 bridgehead atoms. The maximum atomic E-state index is 14.9. The van der Waals surface area contributed by atoms with Gasteiger partial charge in [-0.3, -0.25) is 24.0 Å². The van der Waals surface area contributed by atoms with Crippen molar-refractivity contribution in [2.24, 2.45) is 0 Å². The number of rotatable bonds is 11. The molecular weight excluding hydrogens is 650 g/mol. The van der Waals surface area contributed by atoms with Crippen LogP contribution >= 0.6 is 11.3 Å². The third kappa shape index (κ3) is 6.69. The number of ether oxygens (including phenoxy) is 2. The number of furan rings is 1. The molecular formula is C30H34F2N10O5S. The van der Waals surface area contributed by atoms with Crippen LogP contribution in [0.5, 0.6) is 5.75 Å². The predicted octanol–water partition coefficient (Wildman–Crippen LogP) is 1.27. The third-order valence-electron chi connectivity index (χ3n) is 8.42. The highest BCUT2D eigenvalue weighted by atomic mass is 32.1. The van der Waals surface area contributed by atoms with Crippen LogP contribution in [0.3, 0.4) is 0 Å². The van der Waals surface area contributed by atoms with Crippen molar-refractivity contribution < 1.29 is 27.5 Å². The summed E-state index contributed by atoms with van der Waals surface area (Å²) in [6.45, 7) is 6.67. The number of thiazole rings is 1. The summed E-state index contributed by atoms with van der Waals surface area (Å²) in [4.78, 5) is 40.3. The SMILES string of the molecule is Nc1nc2c(sc(=O)n2CCN2CCN(c3cc(OCC(=O)NCCN4CCOCC4)c(F)cc3F)CC2)c2nc(-c3ccco3)nn12. The highest BCUT2D eigenvalue weighted by Gasteiger charge is 2.24. The Morgan fingerprint density at radius 1 is 1.00 bits per heavy atom. The lowest BCUT2D eigenvalue weighted by molar-refractivity contribution is -0.123. The summed E-state index contributed by atoms with van der Waals surface area (Å²) in [5, 5.41) is 7.15. The minimum atomic E-state index is -0.876. The molecule has 5 aromatic rings. The fourth-order valence-electron chi connectivity index (χ4n) is 5.83. The minimum Gasteiger partial charge on any atom is -0.481 e. The lowest BCUT2D eigenvalue weighted by Gasteiger charge is -2.36. The molecule has 2 saturated heterocycles. The first-order valence-corrected chi connectivity index (χ1v) is 16.4. The van der Waals surface area contributed by atoms with Crippen LogP contribution in [0.15, 0.2) is 39.7 Å². The number of fused-ring (bicyclic) bond motifs is 3. The Morgan fingerprint density at radius 2 is 1.79 bits per heavy atom. The zero-order valence-corrected chi connectivity index (χ0v) is 26.8. The zero-order chi connectivity index (χ0) is 33.2. The molecule has 0 aliphatic carbocycles. The van der Waals surface area contributed by atoms with Gasteiger partial charge >= 0.3 is 4.87 Å². The predicted molar refractivity (Wildman–Crippen MR) is 173 cm³/mol. The number of piperazine rings is 1. The number of nitrogens with one attached hydrogen (secondary N) is 1. The molecule has 0 spiro atoms. The van der Waals surface area contributed by atoms with E-state index < -0.39 is 11.6 Å². The highest BCUT2D eigenvalue weighted by molar-refractivity contribution is 7.17. The summed E-state index contributed by atoms with van der Waals surface area (Å²) >= 11 is 1.02. The summed E-state index contributed by atoms with van der Waals surface area (Å²) in [5.41, 5.74) is 7.24. The number of carbonyl (C=O) groups is 1. The molecule has 18 heteroatoms. The Hall–Kier alpha value is -4.65.